The number of amides is 1. The van der Waals surface area contributed by atoms with Gasteiger partial charge in [-0.15, -0.1) is 11.3 Å². The summed E-state index contributed by atoms with van der Waals surface area (Å²) in [5, 5.41) is 3.07. The number of carbonyl (C=O) groups is 1. The zero-order valence-electron chi connectivity index (χ0n) is 13.9. The van der Waals surface area contributed by atoms with Gasteiger partial charge in [-0.3, -0.25) is 4.79 Å². The van der Waals surface area contributed by atoms with E-state index in [1.165, 1.54) is 6.39 Å². The second-order valence-corrected chi connectivity index (χ2v) is 6.78. The van der Waals surface area contributed by atoms with Crippen LogP contribution >= 0.6 is 11.3 Å². The molecule has 0 spiro atoms. The molecule has 7 heteroatoms. The molecule has 1 aliphatic rings. The lowest BCUT2D eigenvalue weighted by atomic mass is 10.1. The van der Waals surface area contributed by atoms with Crippen molar-refractivity contribution in [2.45, 2.75) is 6.92 Å². The van der Waals surface area contributed by atoms with E-state index in [0.29, 0.717) is 24.5 Å². The Hall–Kier alpha value is -2.67. The Morgan fingerprint density at radius 1 is 1.16 bits per heavy atom. The van der Waals surface area contributed by atoms with Crippen LogP contribution in [0.25, 0.3) is 11.3 Å². The SMILES string of the molecule is Cc1csc(N2CCN(C(=O)c3ncoc3-c3ccccc3)CC2)n1. The standard InChI is InChI=1S/C18H18N4O2S/c1-13-11-25-18(20-13)22-9-7-21(8-10-22)17(23)15-16(24-12-19-15)14-5-3-2-4-6-14/h2-6,11-12H,7-10H2,1H3. The maximum Gasteiger partial charge on any atom is 0.276 e. The van der Waals surface area contributed by atoms with Crippen LogP contribution in [0.1, 0.15) is 16.2 Å². The average Bonchev–Trinajstić information content (AvgIpc) is 3.31. The van der Waals surface area contributed by atoms with Gasteiger partial charge in [-0.05, 0) is 6.92 Å². The van der Waals surface area contributed by atoms with Crippen molar-refractivity contribution in [2.75, 3.05) is 31.1 Å². The summed E-state index contributed by atoms with van der Waals surface area (Å²) in [5.74, 6) is 0.450. The number of hydrogen-bond donors (Lipinski definition) is 0. The van der Waals surface area contributed by atoms with E-state index >= 15 is 0 Å². The zero-order chi connectivity index (χ0) is 17.2. The van der Waals surface area contributed by atoms with Crippen LogP contribution in [0.4, 0.5) is 5.13 Å². The maximum atomic E-state index is 12.9. The summed E-state index contributed by atoms with van der Waals surface area (Å²) in [6.45, 7) is 4.85. The molecule has 0 atom stereocenters. The van der Waals surface area contributed by atoms with Crippen LogP contribution in [0, 0.1) is 6.92 Å². The number of nitrogens with zero attached hydrogens (tertiary/aromatic N) is 4. The van der Waals surface area contributed by atoms with Crippen molar-refractivity contribution >= 4 is 22.4 Å². The topological polar surface area (TPSA) is 62.5 Å². The highest BCUT2D eigenvalue weighted by molar-refractivity contribution is 7.13. The first-order chi connectivity index (χ1) is 12.2. The third-order valence-electron chi connectivity index (χ3n) is 4.25. The molecule has 128 valence electrons. The predicted octanol–water partition coefficient (Wildman–Crippen LogP) is 3.07. The first-order valence-electron chi connectivity index (χ1n) is 8.17. The van der Waals surface area contributed by atoms with Crippen LogP contribution in [0.2, 0.25) is 0 Å². The largest absolute Gasteiger partial charge is 0.443 e. The smallest absolute Gasteiger partial charge is 0.276 e. The van der Waals surface area contributed by atoms with E-state index in [2.05, 4.69) is 14.9 Å². The summed E-state index contributed by atoms with van der Waals surface area (Å²) in [6.07, 6.45) is 1.34. The van der Waals surface area contributed by atoms with E-state index in [1.54, 1.807) is 11.3 Å². The summed E-state index contributed by atoms with van der Waals surface area (Å²) in [4.78, 5) is 25.6. The van der Waals surface area contributed by atoms with Crippen molar-refractivity contribution in [3.8, 4) is 11.3 Å². The molecule has 1 aromatic carbocycles. The number of carbonyl (C=O) groups excluding carboxylic acids is 1. The predicted molar refractivity (Wildman–Crippen MR) is 96.9 cm³/mol. The summed E-state index contributed by atoms with van der Waals surface area (Å²) < 4.78 is 5.48. The van der Waals surface area contributed by atoms with E-state index in [1.807, 2.05) is 47.5 Å². The molecule has 3 heterocycles. The van der Waals surface area contributed by atoms with Crippen LogP contribution in [-0.4, -0.2) is 47.0 Å². The number of benzene rings is 1. The monoisotopic (exact) mass is 354 g/mol. The van der Waals surface area contributed by atoms with E-state index in [0.717, 1.165) is 29.5 Å². The average molecular weight is 354 g/mol. The molecule has 6 nitrogen and oxygen atoms in total. The van der Waals surface area contributed by atoms with Crippen molar-refractivity contribution in [3.05, 3.63) is 53.5 Å². The van der Waals surface area contributed by atoms with Crippen LogP contribution in [0.5, 0.6) is 0 Å². The highest BCUT2D eigenvalue weighted by atomic mass is 32.1. The third kappa shape index (κ3) is 3.15. The Bertz CT molecular complexity index is 866. The van der Waals surface area contributed by atoms with Crippen molar-refractivity contribution in [1.29, 1.82) is 0 Å². The van der Waals surface area contributed by atoms with Gasteiger partial charge < -0.3 is 14.2 Å². The molecule has 4 rings (SSSR count). The Labute approximate surface area is 149 Å². The number of hydrogen-bond acceptors (Lipinski definition) is 6. The molecule has 0 N–H and O–H groups in total. The minimum Gasteiger partial charge on any atom is -0.443 e. The summed E-state index contributed by atoms with van der Waals surface area (Å²) in [5.41, 5.74) is 2.28. The van der Waals surface area contributed by atoms with Gasteiger partial charge in [-0.1, -0.05) is 30.3 Å². The zero-order valence-corrected chi connectivity index (χ0v) is 14.7. The van der Waals surface area contributed by atoms with Gasteiger partial charge in [0.2, 0.25) is 0 Å². The molecule has 0 aliphatic carbocycles. The molecule has 0 saturated carbocycles. The molecule has 0 unspecified atom stereocenters. The number of thiazole rings is 1. The summed E-state index contributed by atoms with van der Waals surface area (Å²) in [7, 11) is 0. The summed E-state index contributed by atoms with van der Waals surface area (Å²) >= 11 is 1.65. The van der Waals surface area contributed by atoms with E-state index < -0.39 is 0 Å². The van der Waals surface area contributed by atoms with Gasteiger partial charge in [0.1, 0.15) is 0 Å². The highest BCUT2D eigenvalue weighted by Gasteiger charge is 2.27. The minimum atomic E-state index is -0.0810. The molecule has 1 aliphatic heterocycles. The Balaban J connectivity index is 1.47. The lowest BCUT2D eigenvalue weighted by Gasteiger charge is -2.34. The lowest BCUT2D eigenvalue weighted by molar-refractivity contribution is 0.0742. The molecular weight excluding hydrogens is 336 g/mol. The molecule has 25 heavy (non-hydrogen) atoms. The van der Waals surface area contributed by atoms with Crippen molar-refractivity contribution in [3.63, 3.8) is 0 Å². The minimum absolute atomic E-state index is 0.0810. The fourth-order valence-electron chi connectivity index (χ4n) is 2.93. The molecule has 3 aromatic rings. The first kappa shape index (κ1) is 15.8. The molecule has 0 bridgehead atoms. The molecule has 1 saturated heterocycles. The summed E-state index contributed by atoms with van der Waals surface area (Å²) in [6, 6.07) is 9.60. The molecule has 2 aromatic heterocycles. The number of aromatic nitrogens is 2. The quantitative estimate of drug-likeness (QED) is 0.723. The maximum absolute atomic E-state index is 12.9. The van der Waals surface area contributed by atoms with Crippen LogP contribution in [0.15, 0.2) is 46.5 Å². The fourth-order valence-corrected chi connectivity index (χ4v) is 3.79. The Kier molecular flexibility index (Phi) is 4.23. The van der Waals surface area contributed by atoms with Crippen LogP contribution < -0.4 is 4.90 Å². The van der Waals surface area contributed by atoms with Gasteiger partial charge in [-0.25, -0.2) is 9.97 Å². The van der Waals surface area contributed by atoms with Gasteiger partial charge in [0, 0.05) is 37.1 Å². The van der Waals surface area contributed by atoms with Gasteiger partial charge >= 0.3 is 0 Å². The highest BCUT2D eigenvalue weighted by Crippen LogP contribution is 2.25. The molecule has 1 amide bonds. The molecular formula is C18H18N4O2S. The molecule has 0 radical (unpaired) electrons. The number of aryl methyl sites for hydroxylation is 1. The molecule has 1 fully saturated rings. The van der Waals surface area contributed by atoms with E-state index in [9.17, 15) is 4.79 Å². The number of anilines is 1. The van der Waals surface area contributed by atoms with Gasteiger partial charge in [0.25, 0.3) is 5.91 Å². The lowest BCUT2D eigenvalue weighted by Crippen LogP contribution is -2.49. The fraction of sp³-hybridized carbons (Fsp3) is 0.278. The number of piperazine rings is 1. The van der Waals surface area contributed by atoms with Gasteiger partial charge in [0.15, 0.2) is 23.0 Å². The van der Waals surface area contributed by atoms with Gasteiger partial charge in [-0.2, -0.15) is 0 Å². The second kappa shape index (κ2) is 6.68. The van der Waals surface area contributed by atoms with E-state index in [4.69, 9.17) is 4.42 Å². The third-order valence-corrected chi connectivity index (χ3v) is 5.27. The van der Waals surface area contributed by atoms with Gasteiger partial charge in [0.05, 0.1) is 5.69 Å². The number of oxazole rings is 1. The van der Waals surface area contributed by atoms with Crippen molar-refractivity contribution in [2.24, 2.45) is 0 Å². The van der Waals surface area contributed by atoms with Crippen LogP contribution in [0.3, 0.4) is 0 Å². The Morgan fingerprint density at radius 3 is 2.60 bits per heavy atom. The first-order valence-corrected chi connectivity index (χ1v) is 9.05. The number of rotatable bonds is 3. The Morgan fingerprint density at radius 2 is 1.92 bits per heavy atom. The van der Waals surface area contributed by atoms with E-state index in [-0.39, 0.29) is 5.91 Å². The normalized spacial score (nSPS) is 14.8. The second-order valence-electron chi connectivity index (χ2n) is 5.95. The van der Waals surface area contributed by atoms with Crippen molar-refractivity contribution < 1.29 is 9.21 Å². The van der Waals surface area contributed by atoms with Crippen molar-refractivity contribution in [1.82, 2.24) is 14.9 Å². The van der Waals surface area contributed by atoms with Crippen LogP contribution in [-0.2, 0) is 0 Å².